The van der Waals surface area contributed by atoms with Crippen LogP contribution in [0.4, 0.5) is 5.82 Å². The van der Waals surface area contributed by atoms with Gasteiger partial charge in [-0.1, -0.05) is 26.0 Å². The van der Waals surface area contributed by atoms with E-state index in [4.69, 9.17) is 10.5 Å². The van der Waals surface area contributed by atoms with Gasteiger partial charge >= 0.3 is 0 Å². The quantitative estimate of drug-likeness (QED) is 0.913. The molecule has 0 spiro atoms. The van der Waals surface area contributed by atoms with Crippen LogP contribution < -0.4 is 10.5 Å². The molecular formula is C16H21N3O. The number of benzene rings is 1. The zero-order valence-electron chi connectivity index (χ0n) is 12.5. The van der Waals surface area contributed by atoms with Crippen LogP contribution in [0.2, 0.25) is 0 Å². The first kappa shape index (κ1) is 14.3. The lowest BCUT2D eigenvalue weighted by Crippen LogP contribution is -2.02. The normalized spacial score (nSPS) is 12.2. The van der Waals surface area contributed by atoms with Crippen LogP contribution in [0.3, 0.4) is 0 Å². The highest BCUT2D eigenvalue weighted by atomic mass is 16.5. The molecule has 2 aromatic rings. The van der Waals surface area contributed by atoms with Crippen molar-refractivity contribution in [2.45, 2.75) is 40.0 Å². The summed E-state index contributed by atoms with van der Waals surface area (Å²) in [6.07, 6.45) is 1.13. The zero-order chi connectivity index (χ0) is 14.7. The van der Waals surface area contributed by atoms with Gasteiger partial charge in [0, 0.05) is 0 Å². The summed E-state index contributed by atoms with van der Waals surface area (Å²) < 4.78 is 5.81. The van der Waals surface area contributed by atoms with Gasteiger partial charge in [0.15, 0.2) is 0 Å². The molecule has 4 nitrogen and oxygen atoms in total. The van der Waals surface area contributed by atoms with Crippen LogP contribution in [-0.2, 0) is 0 Å². The van der Waals surface area contributed by atoms with Crippen molar-refractivity contribution in [1.82, 2.24) is 9.97 Å². The van der Waals surface area contributed by atoms with Gasteiger partial charge < -0.3 is 10.5 Å². The van der Waals surface area contributed by atoms with Gasteiger partial charge in [-0.3, -0.25) is 0 Å². The topological polar surface area (TPSA) is 61.0 Å². The molecule has 1 aromatic carbocycles. The van der Waals surface area contributed by atoms with Gasteiger partial charge in [0.2, 0.25) is 5.88 Å². The first-order valence-corrected chi connectivity index (χ1v) is 6.89. The van der Waals surface area contributed by atoms with Crippen molar-refractivity contribution in [3.63, 3.8) is 0 Å². The average molecular weight is 271 g/mol. The summed E-state index contributed by atoms with van der Waals surface area (Å²) in [6, 6.07) is 8.12. The van der Waals surface area contributed by atoms with Crippen LogP contribution in [-0.4, -0.2) is 9.97 Å². The zero-order valence-corrected chi connectivity index (χ0v) is 12.5. The van der Waals surface area contributed by atoms with E-state index in [0.29, 0.717) is 23.4 Å². The van der Waals surface area contributed by atoms with Crippen molar-refractivity contribution in [3.05, 3.63) is 41.2 Å². The third kappa shape index (κ3) is 3.07. The number of aryl methyl sites for hydroxylation is 1. The fraction of sp³-hybridized carbons (Fsp3) is 0.375. The minimum Gasteiger partial charge on any atom is -0.439 e. The maximum atomic E-state index is 5.83. The van der Waals surface area contributed by atoms with Crippen molar-refractivity contribution >= 4 is 5.82 Å². The number of hydrogen-bond acceptors (Lipinski definition) is 4. The molecule has 106 valence electrons. The van der Waals surface area contributed by atoms with Crippen LogP contribution in [0.1, 0.15) is 43.1 Å². The Labute approximate surface area is 120 Å². The molecule has 0 radical (unpaired) electrons. The van der Waals surface area contributed by atoms with Gasteiger partial charge in [-0.2, -0.15) is 4.98 Å². The summed E-state index contributed by atoms with van der Waals surface area (Å²) in [5.41, 5.74) is 7.91. The molecule has 0 amide bonds. The predicted molar refractivity (Wildman–Crippen MR) is 81.1 cm³/mol. The van der Waals surface area contributed by atoms with E-state index < -0.39 is 0 Å². The molecular weight excluding hydrogens is 250 g/mol. The van der Waals surface area contributed by atoms with Crippen LogP contribution in [0, 0.1) is 13.8 Å². The molecule has 0 saturated heterocycles. The molecule has 1 heterocycles. The third-order valence-electron chi connectivity index (χ3n) is 3.53. The maximum absolute atomic E-state index is 5.83. The summed E-state index contributed by atoms with van der Waals surface area (Å²) >= 11 is 0. The first-order valence-electron chi connectivity index (χ1n) is 6.89. The second kappa shape index (κ2) is 5.90. The van der Waals surface area contributed by atoms with E-state index >= 15 is 0 Å². The lowest BCUT2D eigenvalue weighted by Gasteiger charge is -2.12. The highest BCUT2D eigenvalue weighted by Crippen LogP contribution is 2.27. The number of nitrogens with two attached hydrogens (primary N) is 1. The Morgan fingerprint density at radius 1 is 1.15 bits per heavy atom. The second-order valence-corrected chi connectivity index (χ2v) is 5.07. The predicted octanol–water partition coefficient (Wildman–Crippen LogP) is 3.98. The van der Waals surface area contributed by atoms with E-state index in [1.165, 1.54) is 5.56 Å². The van der Waals surface area contributed by atoms with Crippen molar-refractivity contribution in [1.29, 1.82) is 0 Å². The highest BCUT2D eigenvalue weighted by Gasteiger charge is 2.09. The summed E-state index contributed by atoms with van der Waals surface area (Å²) in [7, 11) is 0. The smallest absolute Gasteiger partial charge is 0.227 e. The van der Waals surface area contributed by atoms with Gasteiger partial charge in [-0.25, -0.2) is 4.98 Å². The van der Waals surface area contributed by atoms with Gasteiger partial charge in [-0.05, 0) is 43.9 Å². The minimum atomic E-state index is 0.462. The van der Waals surface area contributed by atoms with Gasteiger partial charge in [0.05, 0.1) is 5.56 Å². The Kier molecular flexibility index (Phi) is 4.23. The Morgan fingerprint density at radius 3 is 2.40 bits per heavy atom. The Morgan fingerprint density at radius 2 is 1.80 bits per heavy atom. The fourth-order valence-corrected chi connectivity index (χ4v) is 1.93. The Bertz CT molecular complexity index is 593. The molecule has 0 aliphatic rings. The Balaban J connectivity index is 2.22. The lowest BCUT2D eigenvalue weighted by molar-refractivity contribution is 0.456. The van der Waals surface area contributed by atoms with E-state index in [1.54, 1.807) is 6.92 Å². The Hall–Kier alpha value is -2.10. The molecule has 2 N–H and O–H groups in total. The largest absolute Gasteiger partial charge is 0.439 e. The molecule has 0 aliphatic heterocycles. The highest BCUT2D eigenvalue weighted by molar-refractivity contribution is 5.46. The van der Waals surface area contributed by atoms with E-state index in [9.17, 15) is 0 Å². The second-order valence-electron chi connectivity index (χ2n) is 5.07. The molecule has 0 fully saturated rings. The van der Waals surface area contributed by atoms with E-state index in [2.05, 4.69) is 35.9 Å². The number of aromatic nitrogens is 2. The van der Waals surface area contributed by atoms with Crippen molar-refractivity contribution in [2.75, 3.05) is 5.73 Å². The summed E-state index contributed by atoms with van der Waals surface area (Å²) in [5.74, 6) is 2.91. The molecule has 2 rings (SSSR count). The fourth-order valence-electron chi connectivity index (χ4n) is 1.93. The molecule has 0 bridgehead atoms. The summed E-state index contributed by atoms with van der Waals surface area (Å²) in [4.78, 5) is 8.40. The van der Waals surface area contributed by atoms with E-state index in [-0.39, 0.29) is 0 Å². The van der Waals surface area contributed by atoms with Gasteiger partial charge in [0.25, 0.3) is 0 Å². The van der Waals surface area contributed by atoms with Crippen LogP contribution in [0.25, 0.3) is 0 Å². The SMILES string of the molecule is CCC(C)c1ccc(Oc2nc(C)nc(N)c2C)cc1. The lowest BCUT2D eigenvalue weighted by atomic mass is 9.99. The number of nitrogen functional groups attached to an aromatic ring is 1. The third-order valence-corrected chi connectivity index (χ3v) is 3.53. The van der Waals surface area contributed by atoms with E-state index in [0.717, 1.165) is 17.7 Å². The maximum Gasteiger partial charge on any atom is 0.227 e. The molecule has 1 aromatic heterocycles. The molecule has 0 saturated carbocycles. The number of ether oxygens (including phenoxy) is 1. The molecule has 4 heteroatoms. The molecule has 0 aliphatic carbocycles. The van der Waals surface area contributed by atoms with E-state index in [1.807, 2.05) is 19.1 Å². The molecule has 1 atom stereocenters. The van der Waals surface area contributed by atoms with Crippen molar-refractivity contribution in [2.24, 2.45) is 0 Å². The summed E-state index contributed by atoms with van der Waals surface area (Å²) in [5, 5.41) is 0. The molecule has 1 unspecified atom stereocenters. The van der Waals surface area contributed by atoms with Gasteiger partial charge in [-0.15, -0.1) is 0 Å². The monoisotopic (exact) mass is 271 g/mol. The van der Waals surface area contributed by atoms with Crippen molar-refractivity contribution < 1.29 is 4.74 Å². The number of hydrogen-bond donors (Lipinski definition) is 1. The standard InChI is InChI=1S/C16H21N3O/c1-5-10(2)13-6-8-14(9-7-13)20-16-11(3)15(17)18-12(4)19-16/h6-10H,5H2,1-4H3,(H2,17,18,19). The molecule has 20 heavy (non-hydrogen) atoms. The van der Waals surface area contributed by atoms with Crippen molar-refractivity contribution in [3.8, 4) is 11.6 Å². The van der Waals surface area contributed by atoms with Gasteiger partial charge in [0.1, 0.15) is 17.4 Å². The van der Waals surface area contributed by atoms with Crippen LogP contribution in [0.5, 0.6) is 11.6 Å². The van der Waals surface area contributed by atoms with Crippen LogP contribution >= 0.6 is 0 Å². The minimum absolute atomic E-state index is 0.462. The first-order chi connectivity index (χ1) is 9.51. The number of rotatable bonds is 4. The number of nitrogens with zero attached hydrogens (tertiary/aromatic N) is 2. The summed E-state index contributed by atoms with van der Waals surface area (Å²) in [6.45, 7) is 8.06. The average Bonchev–Trinajstić information content (AvgIpc) is 2.44. The van der Waals surface area contributed by atoms with Crippen LogP contribution in [0.15, 0.2) is 24.3 Å². The number of anilines is 1.